The second kappa shape index (κ2) is 7.28. The fourth-order valence-electron chi connectivity index (χ4n) is 2.48. The molecule has 2 saturated carbocycles. The average Bonchev–Trinajstić information content (AvgIpc) is 2.77. The lowest BCUT2D eigenvalue weighted by atomic mass is 9.95. The van der Waals surface area contributed by atoms with Gasteiger partial charge in [-0.15, -0.1) is 0 Å². The van der Waals surface area contributed by atoms with Crippen LogP contribution in [0.25, 0.3) is 0 Å². The minimum Gasteiger partial charge on any atom is -0.306 e. The molecule has 0 radical (unpaired) electrons. The van der Waals surface area contributed by atoms with Crippen molar-refractivity contribution < 1.29 is 0 Å². The van der Waals surface area contributed by atoms with Gasteiger partial charge in [-0.2, -0.15) is 0 Å². The monoisotopic (exact) mass is 197 g/mol. The summed E-state index contributed by atoms with van der Waals surface area (Å²) in [5.41, 5.74) is 0. The third-order valence-corrected chi connectivity index (χ3v) is 3.55. The first-order chi connectivity index (χ1) is 6.80. The lowest BCUT2D eigenvalue weighted by Crippen LogP contribution is -2.29. The molecule has 2 aliphatic rings. The Labute approximate surface area is 89.9 Å². The zero-order valence-corrected chi connectivity index (χ0v) is 10.1. The van der Waals surface area contributed by atoms with Gasteiger partial charge in [-0.25, -0.2) is 0 Å². The normalized spacial score (nSPS) is 23.4. The highest BCUT2D eigenvalue weighted by atomic mass is 15.1. The van der Waals surface area contributed by atoms with Crippen LogP contribution in [0.2, 0.25) is 0 Å². The fraction of sp³-hybridized carbons (Fsp3) is 1.00. The molecule has 1 heteroatoms. The first kappa shape index (κ1) is 12.0. The average molecular weight is 197 g/mol. The highest BCUT2D eigenvalue weighted by Gasteiger charge is 2.13. The highest BCUT2D eigenvalue weighted by molar-refractivity contribution is 4.70. The van der Waals surface area contributed by atoms with Crippen LogP contribution in [0.3, 0.4) is 0 Å². The summed E-state index contributed by atoms with van der Waals surface area (Å²) in [5, 5.41) is 0. The summed E-state index contributed by atoms with van der Waals surface area (Å²) in [7, 11) is 4.38. The van der Waals surface area contributed by atoms with E-state index in [1.54, 1.807) is 0 Å². The van der Waals surface area contributed by atoms with E-state index in [0.717, 1.165) is 6.04 Å². The Morgan fingerprint density at radius 2 is 1.00 bits per heavy atom. The molecular formula is C13H27N. The minimum absolute atomic E-state index is 0.888. The van der Waals surface area contributed by atoms with E-state index >= 15 is 0 Å². The van der Waals surface area contributed by atoms with Crippen LogP contribution in [-0.4, -0.2) is 25.0 Å². The van der Waals surface area contributed by atoms with Crippen molar-refractivity contribution in [3.8, 4) is 0 Å². The van der Waals surface area contributed by atoms with Gasteiger partial charge in [-0.1, -0.05) is 51.4 Å². The van der Waals surface area contributed by atoms with Gasteiger partial charge in [-0.05, 0) is 26.9 Å². The first-order valence-electron chi connectivity index (χ1n) is 6.47. The van der Waals surface area contributed by atoms with Crippen molar-refractivity contribution >= 4 is 0 Å². The Balaban J connectivity index is 0.000000165. The van der Waals surface area contributed by atoms with Crippen LogP contribution in [0.1, 0.15) is 64.2 Å². The Morgan fingerprint density at radius 1 is 0.643 bits per heavy atom. The van der Waals surface area contributed by atoms with Gasteiger partial charge < -0.3 is 4.90 Å². The van der Waals surface area contributed by atoms with Gasteiger partial charge in [-0.3, -0.25) is 0 Å². The summed E-state index contributed by atoms with van der Waals surface area (Å²) in [6, 6.07) is 0.888. The van der Waals surface area contributed by atoms with E-state index in [9.17, 15) is 0 Å². The molecule has 0 aliphatic heterocycles. The summed E-state index contributed by atoms with van der Waals surface area (Å²) in [4.78, 5) is 2.36. The quantitative estimate of drug-likeness (QED) is 0.617. The Morgan fingerprint density at radius 3 is 1.29 bits per heavy atom. The summed E-state index contributed by atoms with van der Waals surface area (Å²) < 4.78 is 0. The summed E-state index contributed by atoms with van der Waals surface area (Å²) in [6.45, 7) is 0. The van der Waals surface area contributed by atoms with Gasteiger partial charge in [0.25, 0.3) is 0 Å². The lowest BCUT2D eigenvalue weighted by molar-refractivity contribution is 0.229. The summed E-state index contributed by atoms with van der Waals surface area (Å²) >= 11 is 0. The predicted molar refractivity (Wildman–Crippen MR) is 63.6 cm³/mol. The van der Waals surface area contributed by atoms with Gasteiger partial charge in [0.15, 0.2) is 0 Å². The number of rotatable bonds is 1. The maximum Gasteiger partial charge on any atom is 0.00891 e. The van der Waals surface area contributed by atoms with Crippen LogP contribution in [0.4, 0.5) is 0 Å². The maximum absolute atomic E-state index is 2.36. The Bertz CT molecular complexity index is 114. The van der Waals surface area contributed by atoms with Crippen molar-refractivity contribution in [2.24, 2.45) is 0 Å². The van der Waals surface area contributed by atoms with Crippen LogP contribution in [0, 0.1) is 0 Å². The van der Waals surface area contributed by atoms with Crippen molar-refractivity contribution in [1.82, 2.24) is 4.90 Å². The molecule has 84 valence electrons. The molecule has 0 aromatic heterocycles. The van der Waals surface area contributed by atoms with Gasteiger partial charge in [0.2, 0.25) is 0 Å². The van der Waals surface area contributed by atoms with Crippen LogP contribution in [0.15, 0.2) is 0 Å². The van der Waals surface area contributed by atoms with Crippen molar-refractivity contribution in [1.29, 1.82) is 0 Å². The molecule has 0 saturated heterocycles. The molecule has 0 N–H and O–H groups in total. The molecule has 0 heterocycles. The van der Waals surface area contributed by atoms with Crippen molar-refractivity contribution in [2.45, 2.75) is 70.3 Å². The highest BCUT2D eigenvalue weighted by Crippen LogP contribution is 2.20. The molecule has 0 spiro atoms. The van der Waals surface area contributed by atoms with Gasteiger partial charge >= 0.3 is 0 Å². The Hall–Kier alpha value is -0.0400. The molecule has 2 fully saturated rings. The minimum atomic E-state index is 0.888. The smallest absolute Gasteiger partial charge is 0.00891 e. The standard InChI is InChI=1S/C8H17N.C5H10/c1-9(2)8-6-4-3-5-7-8;1-2-4-5-3-1/h8H,3-7H2,1-2H3;1-5H2. The van der Waals surface area contributed by atoms with Gasteiger partial charge in [0, 0.05) is 6.04 Å². The van der Waals surface area contributed by atoms with E-state index in [1.165, 1.54) is 64.2 Å². The van der Waals surface area contributed by atoms with E-state index in [2.05, 4.69) is 19.0 Å². The van der Waals surface area contributed by atoms with Crippen molar-refractivity contribution in [3.63, 3.8) is 0 Å². The molecule has 0 bridgehead atoms. The third-order valence-electron chi connectivity index (χ3n) is 3.55. The molecule has 0 aromatic rings. The summed E-state index contributed by atoms with van der Waals surface area (Å²) in [6.07, 6.45) is 14.7. The molecule has 0 amide bonds. The molecule has 2 rings (SSSR count). The van der Waals surface area contributed by atoms with Gasteiger partial charge in [0.1, 0.15) is 0 Å². The van der Waals surface area contributed by atoms with Crippen LogP contribution < -0.4 is 0 Å². The molecule has 14 heavy (non-hydrogen) atoms. The van der Waals surface area contributed by atoms with Crippen molar-refractivity contribution in [3.05, 3.63) is 0 Å². The van der Waals surface area contributed by atoms with Gasteiger partial charge in [0.05, 0.1) is 0 Å². The van der Waals surface area contributed by atoms with Crippen LogP contribution in [0.5, 0.6) is 0 Å². The lowest BCUT2D eigenvalue weighted by Gasteiger charge is -2.27. The van der Waals surface area contributed by atoms with E-state index in [4.69, 9.17) is 0 Å². The topological polar surface area (TPSA) is 3.24 Å². The number of nitrogens with zero attached hydrogens (tertiary/aromatic N) is 1. The Kier molecular flexibility index (Phi) is 6.25. The first-order valence-corrected chi connectivity index (χ1v) is 6.47. The van der Waals surface area contributed by atoms with E-state index in [1.807, 2.05) is 0 Å². The zero-order valence-electron chi connectivity index (χ0n) is 10.1. The van der Waals surface area contributed by atoms with Crippen LogP contribution in [-0.2, 0) is 0 Å². The predicted octanol–water partition coefficient (Wildman–Crippen LogP) is 3.83. The second-order valence-electron chi connectivity index (χ2n) is 5.02. The largest absolute Gasteiger partial charge is 0.306 e. The molecule has 1 nitrogen and oxygen atoms in total. The fourth-order valence-corrected chi connectivity index (χ4v) is 2.48. The second-order valence-corrected chi connectivity index (χ2v) is 5.02. The van der Waals surface area contributed by atoms with Crippen LogP contribution >= 0.6 is 0 Å². The third kappa shape index (κ3) is 4.99. The SMILES string of the molecule is C1CCCC1.CN(C)C1CCCCC1. The molecule has 0 aromatic carbocycles. The zero-order chi connectivity index (χ0) is 10.2. The van der Waals surface area contributed by atoms with E-state index < -0.39 is 0 Å². The maximum atomic E-state index is 2.36. The van der Waals surface area contributed by atoms with Crippen molar-refractivity contribution in [2.75, 3.05) is 14.1 Å². The number of hydrogen-bond acceptors (Lipinski definition) is 1. The summed E-state index contributed by atoms with van der Waals surface area (Å²) in [5.74, 6) is 0. The van der Waals surface area contributed by atoms with E-state index in [-0.39, 0.29) is 0 Å². The number of hydrogen-bond donors (Lipinski definition) is 0. The van der Waals surface area contributed by atoms with E-state index in [0.29, 0.717) is 0 Å². The molecular weight excluding hydrogens is 170 g/mol. The molecule has 0 unspecified atom stereocenters. The molecule has 0 atom stereocenters. The molecule has 2 aliphatic carbocycles.